The summed E-state index contributed by atoms with van der Waals surface area (Å²) in [5, 5.41) is 3.49. The average molecular weight is 537 g/mol. The third kappa shape index (κ3) is 4.95. The molecule has 39 heavy (non-hydrogen) atoms. The third-order valence-electron chi connectivity index (χ3n) is 8.94. The second-order valence-corrected chi connectivity index (χ2v) is 11.9. The van der Waals surface area contributed by atoms with Crippen molar-refractivity contribution in [2.45, 2.75) is 64.6 Å². The van der Waals surface area contributed by atoms with E-state index in [4.69, 9.17) is 4.74 Å². The fraction of sp³-hybridized carbons (Fsp3) is 0.586. The van der Waals surface area contributed by atoms with E-state index in [1.54, 1.807) is 11.1 Å². The van der Waals surface area contributed by atoms with Crippen LogP contribution >= 0.6 is 0 Å². The highest BCUT2D eigenvalue weighted by molar-refractivity contribution is 5.97. The Morgan fingerprint density at radius 1 is 1.21 bits per heavy atom. The van der Waals surface area contributed by atoms with E-state index in [1.165, 1.54) is 30.9 Å². The molecule has 6 rings (SSSR count). The number of nitrogens with one attached hydrogen (secondary N) is 1. The molecule has 2 amide bonds. The highest BCUT2D eigenvalue weighted by Crippen LogP contribution is 2.46. The molecule has 3 saturated heterocycles. The molecule has 2 unspecified atom stereocenters. The van der Waals surface area contributed by atoms with Gasteiger partial charge in [0.15, 0.2) is 11.6 Å². The van der Waals surface area contributed by atoms with Crippen molar-refractivity contribution >= 4 is 17.6 Å². The van der Waals surface area contributed by atoms with E-state index in [9.17, 15) is 14.0 Å². The number of carbonyl (C=O) groups excluding carboxylic acids is 2. The van der Waals surface area contributed by atoms with E-state index in [0.29, 0.717) is 30.1 Å². The predicted octanol–water partition coefficient (Wildman–Crippen LogP) is 3.46. The molecular formula is C29H37FN6O3. The Kier molecular flexibility index (Phi) is 6.69. The molecule has 1 aromatic carbocycles. The second-order valence-electron chi connectivity index (χ2n) is 11.9. The summed E-state index contributed by atoms with van der Waals surface area (Å²) in [5.74, 6) is 1.56. The van der Waals surface area contributed by atoms with Gasteiger partial charge in [-0.25, -0.2) is 14.4 Å². The molecule has 1 aromatic heterocycles. The summed E-state index contributed by atoms with van der Waals surface area (Å²) in [6.07, 6.45) is 7.23. The molecule has 0 bridgehead atoms. The van der Waals surface area contributed by atoms with Gasteiger partial charge in [0.05, 0.1) is 17.8 Å². The minimum absolute atomic E-state index is 0.00888. The lowest BCUT2D eigenvalue weighted by molar-refractivity contribution is -0.136. The van der Waals surface area contributed by atoms with Gasteiger partial charge in [-0.2, -0.15) is 0 Å². The monoisotopic (exact) mass is 536 g/mol. The lowest BCUT2D eigenvalue weighted by Crippen LogP contribution is -2.62. The number of ether oxygens (including phenoxy) is 1. The number of rotatable bonds is 7. The molecule has 1 saturated carbocycles. The average Bonchev–Trinajstić information content (AvgIpc) is 3.52. The molecular weight excluding hydrogens is 499 g/mol. The van der Waals surface area contributed by atoms with Crippen LogP contribution in [0.1, 0.15) is 56.8 Å². The number of carbonyl (C=O) groups is 2. The molecule has 2 aromatic rings. The van der Waals surface area contributed by atoms with Gasteiger partial charge in [0.25, 0.3) is 5.91 Å². The minimum Gasteiger partial charge on any atom is -0.451 e. The maximum atomic E-state index is 14.2. The first-order valence-corrected chi connectivity index (χ1v) is 14.1. The van der Waals surface area contributed by atoms with Gasteiger partial charge < -0.3 is 24.8 Å². The first-order valence-electron chi connectivity index (χ1n) is 14.1. The van der Waals surface area contributed by atoms with Crippen LogP contribution in [-0.4, -0.2) is 82.4 Å². The Hall–Kier alpha value is -3.27. The molecule has 1 spiro atoms. The Labute approximate surface area is 228 Å². The molecule has 3 aliphatic heterocycles. The number of hydrogen-bond acceptors (Lipinski definition) is 7. The summed E-state index contributed by atoms with van der Waals surface area (Å²) in [5.41, 5.74) is 0.326. The number of piperidine rings is 2. The number of amides is 2. The van der Waals surface area contributed by atoms with Crippen molar-refractivity contribution in [2.75, 3.05) is 37.6 Å². The van der Waals surface area contributed by atoms with E-state index >= 15 is 0 Å². The highest BCUT2D eigenvalue weighted by Gasteiger charge is 2.51. The molecule has 0 radical (unpaired) electrons. The first-order chi connectivity index (χ1) is 18.8. The molecule has 1 aliphatic carbocycles. The van der Waals surface area contributed by atoms with Gasteiger partial charge in [-0.15, -0.1) is 0 Å². The van der Waals surface area contributed by atoms with Gasteiger partial charge in [-0.3, -0.25) is 9.59 Å². The van der Waals surface area contributed by atoms with Crippen molar-refractivity contribution in [3.8, 4) is 11.5 Å². The summed E-state index contributed by atoms with van der Waals surface area (Å²) in [6, 6.07) is 4.55. The van der Waals surface area contributed by atoms with Crippen molar-refractivity contribution in [3.05, 3.63) is 42.1 Å². The number of benzene rings is 1. The van der Waals surface area contributed by atoms with Crippen LogP contribution in [-0.2, 0) is 4.79 Å². The van der Waals surface area contributed by atoms with Gasteiger partial charge in [0, 0.05) is 50.2 Å². The van der Waals surface area contributed by atoms with E-state index < -0.39 is 5.82 Å². The minimum atomic E-state index is -0.495. The van der Waals surface area contributed by atoms with Crippen LogP contribution in [0.4, 0.5) is 10.2 Å². The zero-order valence-corrected chi connectivity index (χ0v) is 22.9. The lowest BCUT2D eigenvalue weighted by atomic mass is 9.72. The van der Waals surface area contributed by atoms with Crippen LogP contribution in [0.5, 0.6) is 11.5 Å². The van der Waals surface area contributed by atoms with Gasteiger partial charge in [-0.1, -0.05) is 0 Å². The zero-order chi connectivity index (χ0) is 27.3. The van der Waals surface area contributed by atoms with Gasteiger partial charge in [-0.05, 0) is 70.6 Å². The number of halogens is 1. The van der Waals surface area contributed by atoms with Crippen LogP contribution in [0.25, 0.3) is 0 Å². The Bertz CT molecular complexity index is 1250. The zero-order valence-electron chi connectivity index (χ0n) is 22.9. The van der Waals surface area contributed by atoms with Crippen LogP contribution < -0.4 is 15.0 Å². The van der Waals surface area contributed by atoms with Crippen LogP contribution in [0.15, 0.2) is 30.7 Å². The summed E-state index contributed by atoms with van der Waals surface area (Å²) in [6.45, 7) is 9.48. The smallest absolute Gasteiger partial charge is 0.257 e. The molecule has 3 atom stereocenters. The largest absolute Gasteiger partial charge is 0.451 e. The SMILES string of the molecule is CCN(C(=O)c1cc(F)ccc1Oc1cncnc1N1CC2(CCN(C(=O)[C@@H]3CC4CC4N3)CC2)C1)C(C)C. The summed E-state index contributed by atoms with van der Waals surface area (Å²) in [4.78, 5) is 40.7. The van der Waals surface area contributed by atoms with Gasteiger partial charge in [0.1, 0.15) is 17.9 Å². The molecule has 1 N–H and O–H groups in total. The molecule has 4 heterocycles. The van der Waals surface area contributed by atoms with Crippen LogP contribution in [0.3, 0.4) is 0 Å². The Balaban J connectivity index is 1.12. The maximum absolute atomic E-state index is 14.2. The number of nitrogens with zero attached hydrogens (tertiary/aromatic N) is 5. The predicted molar refractivity (Wildman–Crippen MR) is 144 cm³/mol. The van der Waals surface area contributed by atoms with E-state index in [-0.39, 0.29) is 40.6 Å². The van der Waals surface area contributed by atoms with E-state index in [2.05, 4.69) is 20.2 Å². The fourth-order valence-electron chi connectivity index (χ4n) is 6.56. The van der Waals surface area contributed by atoms with E-state index in [0.717, 1.165) is 45.4 Å². The summed E-state index contributed by atoms with van der Waals surface area (Å²) < 4.78 is 20.4. The number of fused-ring (bicyclic) bond motifs is 1. The quantitative estimate of drug-likeness (QED) is 0.580. The first kappa shape index (κ1) is 26.0. The van der Waals surface area contributed by atoms with Gasteiger partial charge >= 0.3 is 0 Å². The van der Waals surface area contributed by atoms with E-state index in [1.807, 2.05) is 25.7 Å². The molecule has 9 nitrogen and oxygen atoms in total. The van der Waals surface area contributed by atoms with Crippen molar-refractivity contribution in [2.24, 2.45) is 11.3 Å². The molecule has 4 fully saturated rings. The molecule has 4 aliphatic rings. The number of anilines is 1. The number of hydrogen-bond donors (Lipinski definition) is 1. The molecule has 208 valence electrons. The lowest BCUT2D eigenvalue weighted by Gasteiger charge is -2.54. The third-order valence-corrected chi connectivity index (χ3v) is 8.94. The van der Waals surface area contributed by atoms with Crippen LogP contribution in [0, 0.1) is 17.2 Å². The topological polar surface area (TPSA) is 90.9 Å². The number of likely N-dealkylation sites (tertiary alicyclic amines) is 1. The molecule has 10 heteroatoms. The van der Waals surface area contributed by atoms with Crippen molar-refractivity contribution in [3.63, 3.8) is 0 Å². The highest BCUT2D eigenvalue weighted by atomic mass is 19.1. The maximum Gasteiger partial charge on any atom is 0.257 e. The van der Waals surface area contributed by atoms with Crippen molar-refractivity contribution in [1.29, 1.82) is 0 Å². The van der Waals surface area contributed by atoms with Crippen molar-refractivity contribution in [1.82, 2.24) is 25.1 Å². The fourth-order valence-corrected chi connectivity index (χ4v) is 6.56. The normalized spacial score (nSPS) is 24.9. The van der Waals surface area contributed by atoms with Gasteiger partial charge in [0.2, 0.25) is 5.91 Å². The van der Waals surface area contributed by atoms with Crippen LogP contribution in [0.2, 0.25) is 0 Å². The standard InChI is InChI=1S/C29H37FN6O3/c1-4-36(18(2)3)27(37)21-13-20(30)5-6-24(21)39-25-14-31-17-32-26(25)35-15-29(16-35)7-9-34(10-8-29)28(38)23-12-19-11-22(19)33-23/h5-6,13-14,17-19,22-23,33H,4,7-12,15-16H2,1-3H3/t19?,22?,23-/m0/s1. The Morgan fingerprint density at radius 3 is 2.64 bits per heavy atom. The summed E-state index contributed by atoms with van der Waals surface area (Å²) >= 11 is 0. The number of aromatic nitrogens is 2. The Morgan fingerprint density at radius 2 is 1.97 bits per heavy atom. The van der Waals surface area contributed by atoms with Crippen molar-refractivity contribution < 1.29 is 18.7 Å². The second kappa shape index (κ2) is 10.0. The summed E-state index contributed by atoms with van der Waals surface area (Å²) in [7, 11) is 0.